The molecule has 1 atom stereocenters. The van der Waals surface area contributed by atoms with Gasteiger partial charge < -0.3 is 9.80 Å². The first kappa shape index (κ1) is 19.5. The maximum Gasteiger partial charge on any atom is 0.219 e. The highest BCUT2D eigenvalue weighted by molar-refractivity contribution is 6.33. The summed E-state index contributed by atoms with van der Waals surface area (Å²) >= 11 is 6.67. The zero-order chi connectivity index (χ0) is 19.7. The van der Waals surface area contributed by atoms with Crippen LogP contribution in [-0.2, 0) is 24.2 Å². The fraction of sp³-hybridized carbons (Fsp3) is 0.458. The highest BCUT2D eigenvalue weighted by Gasteiger charge is 2.20. The Bertz CT molecular complexity index is 879. The van der Waals surface area contributed by atoms with Crippen molar-refractivity contribution in [2.24, 2.45) is 0 Å². The van der Waals surface area contributed by atoms with Crippen molar-refractivity contribution in [3.05, 3.63) is 58.1 Å². The molecule has 1 saturated heterocycles. The maximum atomic E-state index is 11.6. The zero-order valence-electron chi connectivity index (χ0n) is 16.9. The molecule has 1 fully saturated rings. The molecule has 2 aromatic carbocycles. The van der Waals surface area contributed by atoms with Gasteiger partial charge in [-0.15, -0.1) is 0 Å². The average Bonchev–Trinajstić information content (AvgIpc) is 3.10. The van der Waals surface area contributed by atoms with E-state index in [1.165, 1.54) is 41.6 Å². The number of nitrogens with zero attached hydrogens (tertiary/aromatic N) is 2. The number of rotatable bonds is 4. The predicted octanol–water partition coefficient (Wildman–Crippen LogP) is 4.94. The van der Waals surface area contributed by atoms with Crippen molar-refractivity contribution in [2.45, 2.75) is 52.1 Å². The number of likely N-dealkylation sites (tertiary alicyclic amines) is 1. The van der Waals surface area contributed by atoms with Crippen LogP contribution in [0.3, 0.4) is 0 Å². The van der Waals surface area contributed by atoms with E-state index in [9.17, 15) is 4.79 Å². The monoisotopic (exact) mass is 396 g/mol. The van der Waals surface area contributed by atoms with E-state index in [1.807, 2.05) is 4.90 Å². The van der Waals surface area contributed by atoms with Crippen molar-refractivity contribution >= 4 is 17.5 Å². The fourth-order valence-corrected chi connectivity index (χ4v) is 4.85. The Morgan fingerprint density at radius 1 is 1.14 bits per heavy atom. The standard InChI is InChI=1S/C24H29ClN2O/c1-17-4-3-11-26(17)12-9-19-5-8-23(24(25)14-19)21-6-7-22-16-27(18(2)28)13-10-20(22)15-21/h5-8,14-15,17H,3-4,9-13,16H2,1-2H3. The number of amides is 1. The molecule has 0 N–H and O–H groups in total. The summed E-state index contributed by atoms with van der Waals surface area (Å²) in [7, 11) is 0. The lowest BCUT2D eigenvalue weighted by atomic mass is 9.94. The number of hydrogen-bond acceptors (Lipinski definition) is 2. The van der Waals surface area contributed by atoms with Gasteiger partial charge >= 0.3 is 0 Å². The summed E-state index contributed by atoms with van der Waals surface area (Å²) in [5.74, 6) is 0.150. The Balaban J connectivity index is 1.48. The normalized spacial score (nSPS) is 19.7. The molecule has 4 heteroatoms. The first-order valence-electron chi connectivity index (χ1n) is 10.4. The van der Waals surface area contributed by atoms with E-state index in [0.717, 1.165) is 36.5 Å². The molecule has 0 spiro atoms. The van der Waals surface area contributed by atoms with Crippen molar-refractivity contribution in [3.63, 3.8) is 0 Å². The lowest BCUT2D eigenvalue weighted by molar-refractivity contribution is -0.129. The summed E-state index contributed by atoms with van der Waals surface area (Å²) in [5.41, 5.74) is 6.15. The van der Waals surface area contributed by atoms with Gasteiger partial charge in [-0.1, -0.05) is 41.9 Å². The number of fused-ring (bicyclic) bond motifs is 1. The molecule has 28 heavy (non-hydrogen) atoms. The summed E-state index contributed by atoms with van der Waals surface area (Å²) in [6, 6.07) is 13.8. The molecule has 0 bridgehead atoms. The molecule has 4 rings (SSSR count). The van der Waals surface area contributed by atoms with Crippen LogP contribution in [0.4, 0.5) is 0 Å². The number of hydrogen-bond donors (Lipinski definition) is 0. The van der Waals surface area contributed by atoms with Crippen LogP contribution >= 0.6 is 11.6 Å². The summed E-state index contributed by atoms with van der Waals surface area (Å²) in [4.78, 5) is 16.1. The molecule has 0 aromatic heterocycles. The van der Waals surface area contributed by atoms with Crippen molar-refractivity contribution in [1.82, 2.24) is 9.80 Å². The number of carbonyl (C=O) groups excluding carboxylic acids is 1. The van der Waals surface area contributed by atoms with Gasteiger partial charge in [-0.25, -0.2) is 0 Å². The minimum absolute atomic E-state index is 0.150. The van der Waals surface area contributed by atoms with Crippen LogP contribution < -0.4 is 0 Å². The van der Waals surface area contributed by atoms with Crippen molar-refractivity contribution in [2.75, 3.05) is 19.6 Å². The van der Waals surface area contributed by atoms with Crippen molar-refractivity contribution in [3.8, 4) is 11.1 Å². The number of benzene rings is 2. The largest absolute Gasteiger partial charge is 0.338 e. The second-order valence-electron chi connectivity index (χ2n) is 8.27. The first-order chi connectivity index (χ1) is 13.5. The van der Waals surface area contributed by atoms with Crippen molar-refractivity contribution < 1.29 is 4.79 Å². The minimum atomic E-state index is 0.150. The highest BCUT2D eigenvalue weighted by Crippen LogP contribution is 2.32. The van der Waals surface area contributed by atoms with Crippen LogP contribution in [0.2, 0.25) is 5.02 Å². The Morgan fingerprint density at radius 2 is 2.00 bits per heavy atom. The van der Waals surface area contributed by atoms with E-state index in [2.05, 4.69) is 48.2 Å². The Kier molecular flexibility index (Phi) is 5.75. The molecule has 2 aliphatic rings. The summed E-state index contributed by atoms with van der Waals surface area (Å²) < 4.78 is 0. The van der Waals surface area contributed by atoms with Crippen LogP contribution in [0, 0.1) is 0 Å². The quantitative estimate of drug-likeness (QED) is 0.730. The summed E-state index contributed by atoms with van der Waals surface area (Å²) in [6.07, 6.45) is 4.60. The third kappa shape index (κ3) is 4.11. The molecule has 0 radical (unpaired) electrons. The summed E-state index contributed by atoms with van der Waals surface area (Å²) in [5, 5.41) is 0.827. The van der Waals surface area contributed by atoms with Crippen LogP contribution in [0.1, 0.15) is 43.4 Å². The van der Waals surface area contributed by atoms with Gasteiger partial charge in [-0.2, -0.15) is 0 Å². The lowest BCUT2D eigenvalue weighted by Gasteiger charge is -2.28. The van der Waals surface area contributed by atoms with Gasteiger partial charge in [-0.05, 0) is 67.5 Å². The van der Waals surface area contributed by atoms with Crippen LogP contribution in [0.15, 0.2) is 36.4 Å². The molecule has 148 valence electrons. The number of halogens is 1. The third-order valence-corrected chi connectivity index (χ3v) is 6.70. The molecular formula is C24H29ClN2O. The van der Waals surface area contributed by atoms with E-state index < -0.39 is 0 Å². The van der Waals surface area contributed by atoms with Crippen LogP contribution in [0.5, 0.6) is 0 Å². The highest BCUT2D eigenvalue weighted by atomic mass is 35.5. The second-order valence-corrected chi connectivity index (χ2v) is 8.67. The first-order valence-corrected chi connectivity index (χ1v) is 10.8. The second kappa shape index (κ2) is 8.26. The summed E-state index contributed by atoms with van der Waals surface area (Å²) in [6.45, 7) is 7.82. The molecular weight excluding hydrogens is 368 g/mol. The van der Waals surface area contributed by atoms with E-state index >= 15 is 0 Å². The van der Waals surface area contributed by atoms with Crippen LogP contribution in [-0.4, -0.2) is 41.4 Å². The minimum Gasteiger partial charge on any atom is -0.338 e. The van der Waals surface area contributed by atoms with E-state index in [4.69, 9.17) is 11.6 Å². The van der Waals surface area contributed by atoms with Gasteiger partial charge in [0, 0.05) is 43.2 Å². The van der Waals surface area contributed by atoms with Gasteiger partial charge in [-0.3, -0.25) is 4.79 Å². The molecule has 2 aliphatic heterocycles. The van der Waals surface area contributed by atoms with E-state index in [1.54, 1.807) is 6.92 Å². The fourth-order valence-electron chi connectivity index (χ4n) is 4.54. The van der Waals surface area contributed by atoms with Crippen LogP contribution in [0.25, 0.3) is 11.1 Å². The van der Waals surface area contributed by atoms with E-state index in [-0.39, 0.29) is 5.91 Å². The Labute approximate surface area is 173 Å². The van der Waals surface area contributed by atoms with Gasteiger partial charge in [0.25, 0.3) is 0 Å². The number of carbonyl (C=O) groups is 1. The Hall–Kier alpha value is -1.84. The molecule has 3 nitrogen and oxygen atoms in total. The van der Waals surface area contributed by atoms with Crippen molar-refractivity contribution in [1.29, 1.82) is 0 Å². The van der Waals surface area contributed by atoms with Gasteiger partial charge in [0.2, 0.25) is 5.91 Å². The van der Waals surface area contributed by atoms with Gasteiger partial charge in [0.05, 0.1) is 0 Å². The third-order valence-electron chi connectivity index (χ3n) is 6.39. The molecule has 0 aliphatic carbocycles. The maximum absolute atomic E-state index is 11.6. The van der Waals surface area contributed by atoms with Gasteiger partial charge in [0.1, 0.15) is 0 Å². The molecule has 2 heterocycles. The average molecular weight is 397 g/mol. The molecule has 2 aromatic rings. The smallest absolute Gasteiger partial charge is 0.219 e. The van der Waals surface area contributed by atoms with Gasteiger partial charge in [0.15, 0.2) is 0 Å². The predicted molar refractivity (Wildman–Crippen MR) is 116 cm³/mol. The molecule has 0 saturated carbocycles. The zero-order valence-corrected chi connectivity index (χ0v) is 17.6. The lowest BCUT2D eigenvalue weighted by Crippen LogP contribution is -2.34. The molecule has 1 unspecified atom stereocenters. The molecule has 1 amide bonds. The van der Waals surface area contributed by atoms with E-state index in [0.29, 0.717) is 12.6 Å². The SMILES string of the molecule is CC(=O)N1CCc2cc(-c3ccc(CCN4CCCC4C)cc3Cl)ccc2C1. The topological polar surface area (TPSA) is 23.6 Å². The Morgan fingerprint density at radius 3 is 2.71 bits per heavy atom.